The van der Waals surface area contributed by atoms with Gasteiger partial charge in [-0.2, -0.15) is 0 Å². The van der Waals surface area contributed by atoms with Crippen LogP contribution >= 0.6 is 34.9 Å². The van der Waals surface area contributed by atoms with E-state index in [4.69, 9.17) is 0 Å². The highest BCUT2D eigenvalue weighted by Gasteiger charge is 2.07. The SMILES string of the molecule is CCNc1nnc(SCC(=O)NCCCSc2ccccc2)s1. The molecule has 124 valence electrons. The van der Waals surface area contributed by atoms with Gasteiger partial charge in [0, 0.05) is 18.0 Å². The molecule has 2 rings (SSSR count). The summed E-state index contributed by atoms with van der Waals surface area (Å²) in [7, 11) is 0. The maximum Gasteiger partial charge on any atom is 0.230 e. The Labute approximate surface area is 149 Å². The highest BCUT2D eigenvalue weighted by atomic mass is 32.2. The molecule has 8 heteroatoms. The van der Waals surface area contributed by atoms with E-state index in [0.717, 1.165) is 28.2 Å². The van der Waals surface area contributed by atoms with Gasteiger partial charge in [0.05, 0.1) is 5.75 Å². The Bertz CT molecular complexity index is 591. The first-order valence-electron chi connectivity index (χ1n) is 7.42. The number of thioether (sulfide) groups is 2. The maximum absolute atomic E-state index is 11.8. The number of rotatable bonds is 10. The summed E-state index contributed by atoms with van der Waals surface area (Å²) in [6.45, 7) is 3.54. The van der Waals surface area contributed by atoms with Crippen LogP contribution in [0.2, 0.25) is 0 Å². The minimum atomic E-state index is 0.0416. The summed E-state index contributed by atoms with van der Waals surface area (Å²) in [5.74, 6) is 1.42. The first-order chi connectivity index (χ1) is 11.3. The lowest BCUT2D eigenvalue weighted by Crippen LogP contribution is -2.26. The summed E-state index contributed by atoms with van der Waals surface area (Å²) in [6, 6.07) is 10.3. The zero-order chi connectivity index (χ0) is 16.3. The van der Waals surface area contributed by atoms with Crippen molar-refractivity contribution < 1.29 is 4.79 Å². The van der Waals surface area contributed by atoms with E-state index in [9.17, 15) is 4.79 Å². The van der Waals surface area contributed by atoms with Crippen LogP contribution in [0.15, 0.2) is 39.6 Å². The topological polar surface area (TPSA) is 66.9 Å². The minimum absolute atomic E-state index is 0.0416. The van der Waals surface area contributed by atoms with Crippen LogP contribution in [0, 0.1) is 0 Å². The molecule has 5 nitrogen and oxygen atoms in total. The van der Waals surface area contributed by atoms with Crippen molar-refractivity contribution in [2.24, 2.45) is 0 Å². The molecule has 23 heavy (non-hydrogen) atoms. The van der Waals surface area contributed by atoms with Crippen LogP contribution in [0.5, 0.6) is 0 Å². The van der Waals surface area contributed by atoms with E-state index in [-0.39, 0.29) is 5.91 Å². The summed E-state index contributed by atoms with van der Waals surface area (Å²) in [5, 5.41) is 14.9. The van der Waals surface area contributed by atoms with Crippen molar-refractivity contribution in [2.45, 2.75) is 22.6 Å². The number of hydrogen-bond donors (Lipinski definition) is 2. The molecule has 0 saturated carbocycles. The van der Waals surface area contributed by atoms with Crippen molar-refractivity contribution >= 4 is 45.9 Å². The smallest absolute Gasteiger partial charge is 0.230 e. The Kier molecular flexibility index (Phi) is 8.27. The van der Waals surface area contributed by atoms with E-state index in [1.165, 1.54) is 28.0 Å². The van der Waals surface area contributed by atoms with Gasteiger partial charge in [-0.05, 0) is 31.2 Å². The quantitative estimate of drug-likeness (QED) is 0.495. The molecule has 1 heterocycles. The molecule has 1 aromatic carbocycles. The van der Waals surface area contributed by atoms with Gasteiger partial charge in [0.1, 0.15) is 0 Å². The average Bonchev–Trinajstić information content (AvgIpc) is 3.02. The van der Waals surface area contributed by atoms with Crippen LogP contribution in [0.1, 0.15) is 13.3 Å². The lowest BCUT2D eigenvalue weighted by atomic mass is 10.4. The molecule has 2 N–H and O–H groups in total. The van der Waals surface area contributed by atoms with E-state index in [1.54, 1.807) is 0 Å². The molecular weight excluding hydrogens is 348 g/mol. The number of benzene rings is 1. The molecule has 1 aromatic heterocycles. The zero-order valence-corrected chi connectivity index (χ0v) is 15.4. The third-order valence-electron chi connectivity index (χ3n) is 2.72. The van der Waals surface area contributed by atoms with Gasteiger partial charge in [-0.3, -0.25) is 4.79 Å². The molecule has 0 aliphatic heterocycles. The number of carbonyl (C=O) groups is 1. The fourth-order valence-corrected chi connectivity index (χ4v) is 4.20. The Hall–Kier alpha value is -1.25. The van der Waals surface area contributed by atoms with Crippen LogP contribution in [-0.4, -0.2) is 40.7 Å². The van der Waals surface area contributed by atoms with Gasteiger partial charge in [0.25, 0.3) is 0 Å². The fourth-order valence-electron chi connectivity index (χ4n) is 1.68. The second-order valence-electron chi connectivity index (χ2n) is 4.56. The Morgan fingerprint density at radius 2 is 2.04 bits per heavy atom. The molecular formula is C15H20N4OS3. The third kappa shape index (κ3) is 7.24. The molecule has 0 unspecified atom stereocenters. The number of nitrogens with one attached hydrogen (secondary N) is 2. The van der Waals surface area contributed by atoms with Gasteiger partial charge in [-0.15, -0.1) is 22.0 Å². The van der Waals surface area contributed by atoms with Crippen LogP contribution in [0.4, 0.5) is 5.13 Å². The van der Waals surface area contributed by atoms with Crippen molar-refractivity contribution in [2.75, 3.05) is 29.9 Å². The van der Waals surface area contributed by atoms with Gasteiger partial charge >= 0.3 is 0 Å². The second kappa shape index (κ2) is 10.5. The monoisotopic (exact) mass is 368 g/mol. The van der Waals surface area contributed by atoms with Gasteiger partial charge < -0.3 is 10.6 Å². The van der Waals surface area contributed by atoms with Gasteiger partial charge in [-0.25, -0.2) is 0 Å². The van der Waals surface area contributed by atoms with Gasteiger partial charge in [-0.1, -0.05) is 41.3 Å². The number of amides is 1. The molecule has 0 radical (unpaired) electrons. The van der Waals surface area contributed by atoms with E-state index < -0.39 is 0 Å². The van der Waals surface area contributed by atoms with Crippen molar-refractivity contribution in [3.05, 3.63) is 30.3 Å². The lowest BCUT2D eigenvalue weighted by molar-refractivity contribution is -0.118. The van der Waals surface area contributed by atoms with Crippen molar-refractivity contribution in [3.8, 4) is 0 Å². The maximum atomic E-state index is 11.8. The summed E-state index contributed by atoms with van der Waals surface area (Å²) in [6.07, 6.45) is 0.958. The van der Waals surface area contributed by atoms with E-state index in [0.29, 0.717) is 12.3 Å². The van der Waals surface area contributed by atoms with E-state index in [2.05, 4.69) is 33.0 Å². The first kappa shape index (κ1) is 18.1. The molecule has 0 atom stereocenters. The number of nitrogens with zero attached hydrogens (tertiary/aromatic N) is 2. The standard InChI is InChI=1S/C15H20N4OS3/c1-2-16-14-18-19-15(23-14)22-11-13(20)17-9-6-10-21-12-7-4-3-5-8-12/h3-5,7-8H,2,6,9-11H2,1H3,(H,16,18)(H,17,20). The number of anilines is 1. The molecule has 0 fully saturated rings. The molecule has 0 aliphatic rings. The fraction of sp³-hybridized carbons (Fsp3) is 0.400. The highest BCUT2D eigenvalue weighted by Crippen LogP contribution is 2.25. The molecule has 2 aromatic rings. The summed E-state index contributed by atoms with van der Waals surface area (Å²) in [4.78, 5) is 13.0. The Balaban J connectivity index is 1.54. The van der Waals surface area contributed by atoms with Crippen molar-refractivity contribution in [1.29, 1.82) is 0 Å². The summed E-state index contributed by atoms with van der Waals surface area (Å²) < 4.78 is 0.815. The predicted octanol–water partition coefficient (Wildman–Crippen LogP) is 3.36. The lowest BCUT2D eigenvalue weighted by Gasteiger charge is -2.04. The molecule has 0 bridgehead atoms. The first-order valence-corrected chi connectivity index (χ1v) is 10.2. The summed E-state index contributed by atoms with van der Waals surface area (Å²) >= 11 is 4.71. The normalized spacial score (nSPS) is 10.5. The molecule has 0 saturated heterocycles. The highest BCUT2D eigenvalue weighted by molar-refractivity contribution is 8.01. The third-order valence-corrected chi connectivity index (χ3v) is 5.83. The van der Waals surface area contributed by atoms with Crippen LogP contribution < -0.4 is 10.6 Å². The number of carbonyl (C=O) groups excluding carboxylic acids is 1. The second-order valence-corrected chi connectivity index (χ2v) is 7.93. The van der Waals surface area contributed by atoms with Crippen LogP contribution in [-0.2, 0) is 4.79 Å². The van der Waals surface area contributed by atoms with Crippen LogP contribution in [0.3, 0.4) is 0 Å². The van der Waals surface area contributed by atoms with Crippen molar-refractivity contribution in [3.63, 3.8) is 0 Å². The Morgan fingerprint density at radius 1 is 1.22 bits per heavy atom. The van der Waals surface area contributed by atoms with Gasteiger partial charge in [0.2, 0.25) is 11.0 Å². The predicted molar refractivity (Wildman–Crippen MR) is 99.6 cm³/mol. The molecule has 1 amide bonds. The minimum Gasteiger partial charge on any atom is -0.360 e. The van der Waals surface area contributed by atoms with E-state index in [1.807, 2.05) is 36.9 Å². The number of aromatic nitrogens is 2. The average molecular weight is 369 g/mol. The molecule has 0 aliphatic carbocycles. The van der Waals surface area contributed by atoms with Gasteiger partial charge in [0.15, 0.2) is 4.34 Å². The zero-order valence-electron chi connectivity index (χ0n) is 12.9. The largest absolute Gasteiger partial charge is 0.360 e. The number of hydrogen-bond acceptors (Lipinski definition) is 7. The van der Waals surface area contributed by atoms with E-state index >= 15 is 0 Å². The summed E-state index contributed by atoms with van der Waals surface area (Å²) in [5.41, 5.74) is 0. The van der Waals surface area contributed by atoms with Crippen molar-refractivity contribution in [1.82, 2.24) is 15.5 Å². The van der Waals surface area contributed by atoms with Crippen LogP contribution in [0.25, 0.3) is 0 Å². The molecule has 0 spiro atoms. The Morgan fingerprint density at radius 3 is 2.83 bits per heavy atom.